The number of pyridine rings is 1. The summed E-state index contributed by atoms with van der Waals surface area (Å²) in [6.45, 7) is -1.06. The van der Waals surface area contributed by atoms with Crippen molar-refractivity contribution in [3.05, 3.63) is 53.7 Å². The highest BCUT2D eigenvalue weighted by molar-refractivity contribution is 6.04. The van der Waals surface area contributed by atoms with Gasteiger partial charge in [-0.3, -0.25) is 4.79 Å². The van der Waals surface area contributed by atoms with Crippen molar-refractivity contribution in [3.63, 3.8) is 0 Å². The van der Waals surface area contributed by atoms with Crippen molar-refractivity contribution in [1.29, 1.82) is 0 Å². The van der Waals surface area contributed by atoms with Gasteiger partial charge in [0.1, 0.15) is 6.61 Å². The Morgan fingerprint density at radius 1 is 1.24 bits per heavy atom. The minimum atomic E-state index is -4.20. The molecule has 2 aromatic rings. The predicted octanol–water partition coefficient (Wildman–Crippen LogP) is 4.54. The Hall–Kier alpha value is -2.68. The van der Waals surface area contributed by atoms with E-state index in [0.717, 1.165) is 0 Å². The number of aromatic nitrogens is 1. The molecule has 0 atom stereocenters. The zero-order valence-electron chi connectivity index (χ0n) is 15.4. The molecule has 1 aromatic heterocycles. The molecule has 1 aliphatic carbocycles. The maximum atomic E-state index is 12.9. The molecule has 156 valence electrons. The van der Waals surface area contributed by atoms with Gasteiger partial charge in [-0.2, -0.15) is 8.78 Å². The highest BCUT2D eigenvalue weighted by atomic mass is 19.3. The number of nitrogens with one attached hydrogen (secondary N) is 1. The number of alkyl halides is 4. The lowest BCUT2D eigenvalue weighted by atomic mass is 10.2. The van der Waals surface area contributed by atoms with Gasteiger partial charge in [-0.25, -0.2) is 13.8 Å². The number of carbonyl (C=O) groups is 1. The molecule has 0 spiro atoms. The molecule has 1 saturated carbocycles. The third-order valence-corrected chi connectivity index (χ3v) is 4.23. The number of hydrogen-bond donors (Lipinski definition) is 1. The van der Waals surface area contributed by atoms with Crippen molar-refractivity contribution in [3.8, 4) is 5.88 Å². The van der Waals surface area contributed by atoms with Crippen LogP contribution in [-0.4, -0.2) is 36.5 Å². The van der Waals surface area contributed by atoms with Crippen LogP contribution in [0.15, 0.2) is 42.6 Å². The third kappa shape index (κ3) is 6.42. The van der Waals surface area contributed by atoms with E-state index < -0.39 is 24.9 Å². The summed E-state index contributed by atoms with van der Waals surface area (Å²) in [5.74, 6) is -3.56. The highest BCUT2D eigenvalue weighted by Gasteiger charge is 2.40. The van der Waals surface area contributed by atoms with Crippen molar-refractivity contribution in [2.24, 2.45) is 5.92 Å². The van der Waals surface area contributed by atoms with E-state index in [9.17, 15) is 22.4 Å². The first kappa shape index (κ1) is 21.0. The van der Waals surface area contributed by atoms with Gasteiger partial charge in [0.25, 0.3) is 5.91 Å². The molecule has 5 nitrogen and oxygen atoms in total. The maximum absolute atomic E-state index is 12.9. The number of nitrogens with zero attached hydrogens (tertiary/aromatic N) is 1. The Labute approximate surface area is 165 Å². The van der Waals surface area contributed by atoms with Gasteiger partial charge in [-0.15, -0.1) is 0 Å². The van der Waals surface area contributed by atoms with Gasteiger partial charge in [-0.05, 0) is 42.5 Å². The van der Waals surface area contributed by atoms with E-state index >= 15 is 0 Å². The lowest BCUT2D eigenvalue weighted by Gasteiger charge is -2.15. The van der Waals surface area contributed by atoms with E-state index in [1.807, 2.05) is 0 Å². The second-order valence-electron chi connectivity index (χ2n) is 6.85. The molecule has 29 heavy (non-hydrogen) atoms. The largest absolute Gasteiger partial charge is 0.477 e. The van der Waals surface area contributed by atoms with Crippen LogP contribution in [-0.2, 0) is 11.3 Å². The highest BCUT2D eigenvalue weighted by Crippen LogP contribution is 2.29. The minimum absolute atomic E-state index is 0.291. The van der Waals surface area contributed by atoms with Gasteiger partial charge in [0, 0.05) is 18.0 Å². The Bertz CT molecular complexity index is 827. The van der Waals surface area contributed by atoms with Crippen LogP contribution in [0, 0.1) is 5.92 Å². The SMILES string of the molecule is O=C(Nc1cccc(COCC(F)(F)C(F)F)c1)c1ccc(OCC2CC2)nc1. The second kappa shape index (κ2) is 9.21. The van der Waals surface area contributed by atoms with Crippen LogP contribution in [0.2, 0.25) is 0 Å². The van der Waals surface area contributed by atoms with E-state index in [1.165, 1.54) is 25.1 Å². The molecule has 1 aromatic carbocycles. The Kier molecular flexibility index (Phi) is 6.68. The van der Waals surface area contributed by atoms with Gasteiger partial charge in [0.2, 0.25) is 5.88 Å². The fraction of sp³-hybridized carbons (Fsp3) is 0.400. The average Bonchev–Trinajstić information content (AvgIpc) is 3.51. The number of halogens is 4. The quantitative estimate of drug-likeness (QED) is 0.582. The smallest absolute Gasteiger partial charge is 0.330 e. The van der Waals surface area contributed by atoms with Crippen LogP contribution in [0.5, 0.6) is 5.88 Å². The number of hydrogen-bond acceptors (Lipinski definition) is 4. The van der Waals surface area contributed by atoms with Gasteiger partial charge >= 0.3 is 12.3 Å². The summed E-state index contributed by atoms with van der Waals surface area (Å²) in [5.41, 5.74) is 1.18. The number of carbonyl (C=O) groups excluding carboxylic acids is 1. The van der Waals surface area contributed by atoms with Crippen LogP contribution in [0.3, 0.4) is 0 Å². The lowest BCUT2D eigenvalue weighted by molar-refractivity contribution is -0.168. The van der Waals surface area contributed by atoms with Crippen LogP contribution in [0.4, 0.5) is 23.2 Å². The first-order valence-corrected chi connectivity index (χ1v) is 9.06. The maximum Gasteiger partial charge on any atom is 0.330 e. The lowest BCUT2D eigenvalue weighted by Crippen LogP contribution is -2.32. The van der Waals surface area contributed by atoms with E-state index in [-0.39, 0.29) is 6.61 Å². The number of rotatable bonds is 10. The monoisotopic (exact) mass is 412 g/mol. The second-order valence-corrected chi connectivity index (χ2v) is 6.85. The summed E-state index contributed by atoms with van der Waals surface area (Å²) in [6.07, 6.45) is -0.0534. The van der Waals surface area contributed by atoms with E-state index in [2.05, 4.69) is 15.0 Å². The molecular weight excluding hydrogens is 392 g/mol. The van der Waals surface area contributed by atoms with Gasteiger partial charge < -0.3 is 14.8 Å². The number of anilines is 1. The van der Waals surface area contributed by atoms with Crippen molar-refractivity contribution in [2.75, 3.05) is 18.5 Å². The molecule has 3 rings (SSSR count). The third-order valence-electron chi connectivity index (χ3n) is 4.23. The molecule has 1 N–H and O–H groups in total. The first-order chi connectivity index (χ1) is 13.8. The molecule has 0 radical (unpaired) electrons. The molecule has 0 unspecified atom stereocenters. The molecule has 0 aliphatic heterocycles. The number of ether oxygens (including phenoxy) is 2. The van der Waals surface area contributed by atoms with Crippen LogP contribution in [0.1, 0.15) is 28.8 Å². The summed E-state index contributed by atoms with van der Waals surface area (Å²) >= 11 is 0. The molecule has 1 fully saturated rings. The first-order valence-electron chi connectivity index (χ1n) is 9.06. The van der Waals surface area contributed by atoms with Crippen LogP contribution < -0.4 is 10.1 Å². The minimum Gasteiger partial charge on any atom is -0.477 e. The number of amides is 1. The van der Waals surface area contributed by atoms with E-state index in [1.54, 1.807) is 30.3 Å². The normalized spacial score (nSPS) is 14.1. The zero-order valence-corrected chi connectivity index (χ0v) is 15.4. The van der Waals surface area contributed by atoms with Gasteiger partial charge in [-0.1, -0.05) is 12.1 Å². The number of benzene rings is 1. The molecule has 9 heteroatoms. The summed E-state index contributed by atoms with van der Waals surface area (Å²) < 4.78 is 60.2. The zero-order chi connectivity index (χ0) is 20.9. The molecule has 1 heterocycles. The van der Waals surface area contributed by atoms with Gasteiger partial charge in [0.15, 0.2) is 0 Å². The van der Waals surface area contributed by atoms with E-state index in [4.69, 9.17) is 4.74 Å². The summed E-state index contributed by atoms with van der Waals surface area (Å²) in [5, 5.41) is 2.66. The van der Waals surface area contributed by atoms with Crippen molar-refractivity contribution in [2.45, 2.75) is 31.8 Å². The molecular formula is C20H20F4N2O3. The Morgan fingerprint density at radius 2 is 2.03 bits per heavy atom. The fourth-order valence-electron chi connectivity index (χ4n) is 2.40. The van der Waals surface area contributed by atoms with Gasteiger partial charge in [0.05, 0.1) is 18.8 Å². The van der Waals surface area contributed by atoms with Crippen molar-refractivity contribution < 1.29 is 31.8 Å². The molecule has 0 saturated heterocycles. The van der Waals surface area contributed by atoms with Crippen LogP contribution in [0.25, 0.3) is 0 Å². The van der Waals surface area contributed by atoms with Crippen molar-refractivity contribution in [1.82, 2.24) is 4.98 Å². The summed E-state index contributed by atoms with van der Waals surface area (Å²) in [6, 6.07) is 9.49. The average molecular weight is 412 g/mol. The van der Waals surface area contributed by atoms with Crippen LogP contribution >= 0.6 is 0 Å². The van der Waals surface area contributed by atoms with Crippen molar-refractivity contribution >= 4 is 11.6 Å². The standard InChI is InChI=1S/C20H20F4N2O3/c21-19(22)20(23,24)12-28-10-14-2-1-3-16(8-14)26-18(27)15-6-7-17(25-9-15)29-11-13-4-5-13/h1-3,6-9,13,19H,4-5,10-12H2,(H,26,27). The molecule has 0 bridgehead atoms. The Morgan fingerprint density at radius 3 is 2.69 bits per heavy atom. The fourth-order valence-corrected chi connectivity index (χ4v) is 2.40. The summed E-state index contributed by atoms with van der Waals surface area (Å²) in [7, 11) is 0. The Balaban J connectivity index is 1.51. The predicted molar refractivity (Wildman–Crippen MR) is 97.5 cm³/mol. The molecule has 1 aliphatic rings. The van der Waals surface area contributed by atoms with E-state index in [0.29, 0.717) is 35.2 Å². The topological polar surface area (TPSA) is 60.5 Å². The summed E-state index contributed by atoms with van der Waals surface area (Å²) in [4.78, 5) is 16.4. The molecule has 1 amide bonds.